The predicted octanol–water partition coefficient (Wildman–Crippen LogP) is 0.219. The number of carbonyl (C=O) groups is 3. The van der Waals surface area contributed by atoms with Gasteiger partial charge in [0.05, 0.1) is 13.3 Å². The molecule has 0 unspecified atom stereocenters. The molecule has 4 heterocycles. The second-order valence-corrected chi connectivity index (χ2v) is 8.58. The van der Waals surface area contributed by atoms with Gasteiger partial charge in [0.1, 0.15) is 22.2 Å². The van der Waals surface area contributed by atoms with Gasteiger partial charge in [-0.25, -0.2) is 19.6 Å². The molecule has 4 aliphatic rings. The van der Waals surface area contributed by atoms with Gasteiger partial charge in [-0.1, -0.05) is 0 Å². The monoisotopic (exact) mass is 438 g/mol. The first-order valence-electron chi connectivity index (χ1n) is 8.52. The van der Waals surface area contributed by atoms with Gasteiger partial charge in [0.25, 0.3) is 0 Å². The van der Waals surface area contributed by atoms with E-state index in [2.05, 4.69) is 15.3 Å². The number of β-lactam (4-membered cyclic amide) rings is 1. The van der Waals surface area contributed by atoms with Crippen LogP contribution in [0.1, 0.15) is 6.92 Å². The predicted molar refractivity (Wildman–Crippen MR) is 107 cm³/mol. The lowest BCUT2D eigenvalue weighted by atomic mass is 10.0. The summed E-state index contributed by atoms with van der Waals surface area (Å²) in [4.78, 5) is 41.2. The maximum absolute atomic E-state index is 12.0. The number of hydrogen-bond donors (Lipinski definition) is 3. The van der Waals surface area contributed by atoms with E-state index in [-0.39, 0.29) is 17.0 Å². The van der Waals surface area contributed by atoms with Gasteiger partial charge in [0.15, 0.2) is 5.82 Å². The minimum absolute atomic E-state index is 0.0188. The van der Waals surface area contributed by atoms with E-state index in [1.165, 1.54) is 46.7 Å². The fourth-order valence-corrected chi connectivity index (χ4v) is 5.60. The van der Waals surface area contributed by atoms with Gasteiger partial charge in [0, 0.05) is 17.2 Å². The summed E-state index contributed by atoms with van der Waals surface area (Å²) in [6, 6.07) is -0.651. The van der Waals surface area contributed by atoms with Crippen molar-refractivity contribution in [3.63, 3.8) is 0 Å². The Bertz CT molecular complexity index is 929. The number of aliphatic imine (C=N–C) groups is 1. The smallest absolute Gasteiger partial charge is 0.429 e. The summed E-state index contributed by atoms with van der Waals surface area (Å²) in [5.74, 6) is -0.143. The second kappa shape index (κ2) is 7.40. The molecule has 1 fully saturated rings. The van der Waals surface area contributed by atoms with Crippen molar-refractivity contribution in [2.24, 2.45) is 10.7 Å². The first-order chi connectivity index (χ1) is 13.8. The number of allylic oxidation sites excluding steroid dienone is 1. The van der Waals surface area contributed by atoms with Gasteiger partial charge in [-0.2, -0.15) is 5.01 Å². The molecule has 11 nitrogen and oxygen atoms in total. The molecule has 0 saturated carbocycles. The molecule has 0 aromatic carbocycles. The first kappa shape index (κ1) is 19.8. The van der Waals surface area contributed by atoms with Crippen molar-refractivity contribution in [1.82, 2.24) is 20.5 Å². The lowest BCUT2D eigenvalue weighted by Gasteiger charge is -2.48. The fourth-order valence-electron chi connectivity index (χ4n) is 3.21. The number of carboxylic acid groups (broad SMARTS) is 1. The highest BCUT2D eigenvalue weighted by molar-refractivity contribution is 8.14. The van der Waals surface area contributed by atoms with Crippen molar-refractivity contribution in [2.45, 2.75) is 18.3 Å². The van der Waals surface area contributed by atoms with Crippen LogP contribution in [0.5, 0.6) is 0 Å². The summed E-state index contributed by atoms with van der Waals surface area (Å²) < 4.78 is 4.68. The molecule has 154 valence electrons. The zero-order chi connectivity index (χ0) is 20.9. The Labute approximate surface area is 174 Å². The minimum atomic E-state index is -1.13. The summed E-state index contributed by atoms with van der Waals surface area (Å²) in [6.45, 7) is 1.85. The molecule has 2 atom stereocenters. The summed E-state index contributed by atoms with van der Waals surface area (Å²) in [5.41, 5.74) is 10.1. The summed E-state index contributed by atoms with van der Waals surface area (Å²) in [7, 11) is 1.28. The third-order valence-electron chi connectivity index (χ3n) is 4.65. The normalized spacial score (nSPS) is 25.7. The van der Waals surface area contributed by atoms with Gasteiger partial charge in [-0.15, -0.1) is 29.1 Å². The van der Waals surface area contributed by atoms with E-state index in [4.69, 9.17) is 5.73 Å². The molecular formula is C16H18N6O5S2. The van der Waals surface area contributed by atoms with E-state index in [9.17, 15) is 19.5 Å². The lowest BCUT2D eigenvalue weighted by Crippen LogP contribution is -2.68. The largest absolute Gasteiger partial charge is 0.477 e. The molecule has 0 spiro atoms. The number of rotatable bonds is 3. The molecule has 0 radical (unpaired) electrons. The van der Waals surface area contributed by atoms with Gasteiger partial charge in [-0.3, -0.25) is 9.69 Å². The third-order valence-corrected chi connectivity index (χ3v) is 7.01. The molecule has 0 bridgehead atoms. The fraction of sp³-hybridized carbons (Fsp3) is 0.375. The number of fused-ring (bicyclic) bond motifs is 2. The Kier molecular flexibility index (Phi) is 5.06. The van der Waals surface area contributed by atoms with Gasteiger partial charge >= 0.3 is 12.1 Å². The second-order valence-electron chi connectivity index (χ2n) is 6.48. The minimum Gasteiger partial charge on any atom is -0.477 e. The van der Waals surface area contributed by atoms with E-state index in [0.717, 1.165) is 5.70 Å². The van der Waals surface area contributed by atoms with Gasteiger partial charge in [-0.05, 0) is 18.6 Å². The lowest BCUT2D eigenvalue weighted by molar-refractivity contribution is -0.147. The van der Waals surface area contributed by atoms with Crippen LogP contribution < -0.4 is 11.3 Å². The average molecular weight is 438 g/mol. The van der Waals surface area contributed by atoms with Crippen LogP contribution >= 0.6 is 23.5 Å². The van der Waals surface area contributed by atoms with Crippen molar-refractivity contribution in [2.75, 3.05) is 18.6 Å². The summed E-state index contributed by atoms with van der Waals surface area (Å²) >= 11 is 2.83. The third kappa shape index (κ3) is 3.29. The number of carbonyl (C=O) groups excluding carboxylic acids is 2. The Balaban J connectivity index is 1.52. The topological polar surface area (TPSA) is 141 Å². The van der Waals surface area contributed by atoms with Crippen LogP contribution in [0.15, 0.2) is 40.1 Å². The number of nitrogens with two attached hydrogens (primary N) is 1. The average Bonchev–Trinajstić information content (AvgIpc) is 3.15. The van der Waals surface area contributed by atoms with Crippen LogP contribution in [0.4, 0.5) is 4.79 Å². The number of thioether (sulfide) groups is 2. The van der Waals surface area contributed by atoms with E-state index in [1.54, 1.807) is 5.01 Å². The van der Waals surface area contributed by atoms with Crippen LogP contribution in [0, 0.1) is 0 Å². The van der Waals surface area contributed by atoms with E-state index >= 15 is 0 Å². The highest BCUT2D eigenvalue weighted by Crippen LogP contribution is 2.40. The zero-order valence-electron chi connectivity index (χ0n) is 15.5. The van der Waals surface area contributed by atoms with Crippen molar-refractivity contribution < 1.29 is 24.2 Å². The summed E-state index contributed by atoms with van der Waals surface area (Å²) in [5, 5.41) is 12.8. The molecule has 1 saturated heterocycles. The molecule has 0 aromatic heterocycles. The van der Waals surface area contributed by atoms with Crippen LogP contribution in [-0.4, -0.2) is 73.1 Å². The highest BCUT2D eigenvalue weighted by atomic mass is 32.2. The SMILES string of the molecule is COC(=O)N1C=C2N=C(SCC3=C(C(=O)O)N4C(=O)[C@@H](N)[C@H]4SC3)C=C(C)N2N1. The molecule has 13 heteroatoms. The maximum Gasteiger partial charge on any atom is 0.429 e. The number of carboxylic acids is 1. The van der Waals surface area contributed by atoms with Gasteiger partial charge in [0.2, 0.25) is 5.91 Å². The number of nitrogens with zero attached hydrogens (tertiary/aromatic N) is 4. The maximum atomic E-state index is 12.0. The molecule has 4 N–H and O–H groups in total. The number of nitrogens with one attached hydrogen (secondary N) is 1. The molecule has 0 aliphatic carbocycles. The molecule has 4 aliphatic heterocycles. The molecule has 4 rings (SSSR count). The first-order valence-corrected chi connectivity index (χ1v) is 10.6. The van der Waals surface area contributed by atoms with E-state index in [0.29, 0.717) is 27.9 Å². The Morgan fingerprint density at radius 1 is 1.52 bits per heavy atom. The van der Waals surface area contributed by atoms with Crippen LogP contribution in [-0.2, 0) is 14.3 Å². The standard InChI is InChI=1S/C16H18N6O5S2/c1-7-3-10(18-9-4-20(16(26)27-2)19-22(7)9)28-5-8-6-29-14-11(17)13(23)21(14)12(8)15(24)25/h3-4,11,14,19H,5-6,17H2,1-2H3,(H,24,25)/t11-,14-/m1/s1. The number of hydrazine groups is 2. The van der Waals surface area contributed by atoms with E-state index < -0.39 is 18.1 Å². The van der Waals surface area contributed by atoms with Crippen LogP contribution in [0.3, 0.4) is 0 Å². The Hall–Kier alpha value is -2.48. The quantitative estimate of drug-likeness (QED) is 0.524. The summed E-state index contributed by atoms with van der Waals surface area (Å²) in [6.07, 6.45) is 2.75. The van der Waals surface area contributed by atoms with Crippen molar-refractivity contribution in [3.05, 3.63) is 35.1 Å². The van der Waals surface area contributed by atoms with Gasteiger partial charge < -0.3 is 15.6 Å². The van der Waals surface area contributed by atoms with Crippen molar-refractivity contribution in [1.29, 1.82) is 0 Å². The van der Waals surface area contributed by atoms with Crippen molar-refractivity contribution in [3.8, 4) is 0 Å². The number of hydrogen-bond acceptors (Lipinski definition) is 10. The van der Waals surface area contributed by atoms with Crippen LogP contribution in [0.25, 0.3) is 0 Å². The zero-order valence-corrected chi connectivity index (χ0v) is 17.1. The number of amides is 2. The Morgan fingerprint density at radius 3 is 2.97 bits per heavy atom. The number of methoxy groups -OCH3 is 1. The van der Waals surface area contributed by atoms with Crippen molar-refractivity contribution >= 4 is 46.5 Å². The highest BCUT2D eigenvalue weighted by Gasteiger charge is 2.51. The number of ether oxygens (including phenoxy) is 1. The number of aliphatic carboxylic acids is 1. The molecule has 29 heavy (non-hydrogen) atoms. The molecule has 2 amide bonds. The van der Waals surface area contributed by atoms with E-state index in [1.807, 2.05) is 13.0 Å². The molecular weight excluding hydrogens is 420 g/mol. The van der Waals surface area contributed by atoms with Crippen LogP contribution in [0.2, 0.25) is 0 Å². The molecule has 0 aromatic rings. The Morgan fingerprint density at radius 2 is 2.28 bits per heavy atom.